The van der Waals surface area contributed by atoms with Crippen LogP contribution in [-0.2, 0) is 47.9 Å². The second-order valence-corrected chi connectivity index (χ2v) is 16.8. The molecule has 1 aliphatic rings. The fourth-order valence-corrected chi connectivity index (χ4v) is 6.08. The number of esters is 1. The Morgan fingerprint density at radius 1 is 0.769 bits per heavy atom. The van der Waals surface area contributed by atoms with Gasteiger partial charge in [-0.15, -0.1) is 0 Å². The molecule has 0 radical (unpaired) electrons. The number of hydrogen-bond acceptors (Lipinski definition) is 11. The molecule has 10 N–H and O–H groups in total. The van der Waals surface area contributed by atoms with Gasteiger partial charge in [0.15, 0.2) is 0 Å². The summed E-state index contributed by atoms with van der Waals surface area (Å²) in [5.74, 6) is -11.6. The molecule has 0 bridgehead atoms. The quantitative estimate of drug-likeness (QED) is 0.0598. The molecule has 1 aromatic rings. The van der Waals surface area contributed by atoms with Crippen molar-refractivity contribution < 1.29 is 53.0 Å². The number of allylic oxidation sites excluding steroid dienone is 5. The van der Waals surface area contributed by atoms with Gasteiger partial charge in [0, 0.05) is 12.6 Å². The first-order valence-electron chi connectivity index (χ1n) is 21.6. The Labute approximate surface area is 380 Å². The van der Waals surface area contributed by atoms with Crippen LogP contribution in [0.5, 0.6) is 0 Å². The van der Waals surface area contributed by atoms with Crippen LogP contribution in [-0.4, -0.2) is 114 Å². The van der Waals surface area contributed by atoms with Gasteiger partial charge in [-0.2, -0.15) is 0 Å². The van der Waals surface area contributed by atoms with Crippen molar-refractivity contribution in [2.24, 2.45) is 29.4 Å². The average molecular weight is 907 g/mol. The van der Waals surface area contributed by atoms with Crippen molar-refractivity contribution in [3.63, 3.8) is 0 Å². The Morgan fingerprint density at radius 2 is 1.35 bits per heavy atom. The van der Waals surface area contributed by atoms with E-state index in [0.717, 1.165) is 12.5 Å². The lowest BCUT2D eigenvalue weighted by molar-refractivity contribution is -0.157. The molecule has 65 heavy (non-hydrogen) atoms. The van der Waals surface area contributed by atoms with Crippen LogP contribution < -0.4 is 43.0 Å². The molecular weight excluding hydrogens is 841 g/mol. The van der Waals surface area contributed by atoms with E-state index in [1.807, 2.05) is 55.5 Å². The maximum atomic E-state index is 14.0. The molecule has 1 aromatic carbocycles. The first-order valence-corrected chi connectivity index (χ1v) is 21.6. The topological polar surface area (TPSA) is 293 Å². The van der Waals surface area contributed by atoms with Crippen molar-refractivity contribution in [1.29, 1.82) is 0 Å². The summed E-state index contributed by atoms with van der Waals surface area (Å²) in [6.07, 6.45) is 14.0. The van der Waals surface area contributed by atoms with E-state index in [4.69, 9.17) is 10.5 Å². The lowest BCUT2D eigenvalue weighted by Gasteiger charge is -2.30. The number of benzene rings is 1. The van der Waals surface area contributed by atoms with Gasteiger partial charge in [0.05, 0.1) is 12.0 Å². The Kier molecular flexibility index (Phi) is 22.5. The zero-order chi connectivity index (χ0) is 49.0. The van der Waals surface area contributed by atoms with Crippen LogP contribution in [0.15, 0.2) is 60.7 Å². The van der Waals surface area contributed by atoms with Gasteiger partial charge in [-0.05, 0) is 62.1 Å². The minimum atomic E-state index is -1.92. The third-order valence-electron chi connectivity index (χ3n) is 10.2. The summed E-state index contributed by atoms with van der Waals surface area (Å²) in [4.78, 5) is 121. The second kappa shape index (κ2) is 26.9. The van der Waals surface area contributed by atoms with Crippen molar-refractivity contribution >= 4 is 65.4 Å². The molecule has 4 unspecified atom stereocenters. The third-order valence-corrected chi connectivity index (χ3v) is 10.2. The molecule has 2 rings (SSSR count). The fourth-order valence-electron chi connectivity index (χ4n) is 6.08. The van der Waals surface area contributed by atoms with E-state index >= 15 is 0 Å². The number of ether oxygens (including phenoxy) is 1. The number of cyclic esters (lactones) is 1. The van der Waals surface area contributed by atoms with Crippen LogP contribution in [0.3, 0.4) is 0 Å². The van der Waals surface area contributed by atoms with Crippen molar-refractivity contribution in [3.05, 3.63) is 71.8 Å². The van der Waals surface area contributed by atoms with Crippen LogP contribution >= 0.6 is 0 Å². The summed E-state index contributed by atoms with van der Waals surface area (Å²) in [6.45, 7) is 13.0. The van der Waals surface area contributed by atoms with Crippen molar-refractivity contribution in [2.75, 3.05) is 13.2 Å². The molecule has 8 atom stereocenters. The molecule has 0 saturated carbocycles. The summed E-state index contributed by atoms with van der Waals surface area (Å²) in [6, 6.07) is -2.86. The molecule has 19 heteroatoms. The molecular formula is C46H66N8O11. The Bertz CT molecular complexity index is 1990. The lowest BCUT2D eigenvalue weighted by Crippen LogP contribution is -2.63. The summed E-state index contributed by atoms with van der Waals surface area (Å²) in [5.41, 5.74) is 7.49. The van der Waals surface area contributed by atoms with E-state index in [2.05, 4.69) is 37.2 Å². The van der Waals surface area contributed by atoms with Crippen LogP contribution in [0.25, 0.3) is 12.2 Å². The van der Waals surface area contributed by atoms with Gasteiger partial charge in [-0.25, -0.2) is 4.79 Å². The van der Waals surface area contributed by atoms with E-state index in [0.29, 0.717) is 5.56 Å². The summed E-state index contributed by atoms with van der Waals surface area (Å²) >= 11 is 0. The number of hydrogen-bond donors (Lipinski definition) is 9. The first kappa shape index (κ1) is 54.5. The maximum Gasteiger partial charge on any atom is 0.329 e. The number of carbonyl (C=O) groups is 9. The summed E-state index contributed by atoms with van der Waals surface area (Å²) in [7, 11) is 0. The average Bonchev–Trinajstić information content (AvgIpc) is 3.24. The highest BCUT2D eigenvalue weighted by molar-refractivity contribution is 5.99. The minimum Gasteiger partial charge on any atom is -0.481 e. The molecule has 1 saturated heterocycles. The molecule has 1 aliphatic heterocycles. The van der Waals surface area contributed by atoms with E-state index in [9.17, 15) is 48.3 Å². The van der Waals surface area contributed by atoms with Crippen molar-refractivity contribution in [2.45, 2.75) is 111 Å². The second-order valence-electron chi connectivity index (χ2n) is 16.8. The third kappa shape index (κ3) is 18.2. The number of nitrogens with two attached hydrogens (primary N) is 1. The van der Waals surface area contributed by atoms with Gasteiger partial charge in [0.1, 0.15) is 42.9 Å². The zero-order valence-corrected chi connectivity index (χ0v) is 38.5. The van der Waals surface area contributed by atoms with Gasteiger partial charge in [0.25, 0.3) is 0 Å². The molecule has 0 spiro atoms. The molecule has 356 valence electrons. The number of carboxylic acids is 1. The van der Waals surface area contributed by atoms with E-state index in [1.165, 1.54) is 13.0 Å². The largest absolute Gasteiger partial charge is 0.481 e. The SMILES string of the molecule is C/C=C/C=C/C=C/c1ccccc1/C=C/C(=O)N[C@H](C)C(=O)NC1COC(=O)C([C@H](C)C(=O)O)NC(=O)[C@H](CNC(=O)[C@@H](N)C(C)C)NC(=O)C(C(C)C)NC(=O)C(CC(C)C)NC1=O. The zero-order valence-electron chi connectivity index (χ0n) is 38.5. The van der Waals surface area contributed by atoms with Gasteiger partial charge >= 0.3 is 11.9 Å². The highest BCUT2D eigenvalue weighted by Crippen LogP contribution is 2.14. The highest BCUT2D eigenvalue weighted by atomic mass is 16.5. The standard InChI is InChI=1S/C46H66N8O11/c1-10-11-12-13-14-17-30-18-15-16-19-31(30)20-21-35(55)49-29(9)39(56)52-34-24-65-46(64)38(28(8)45(62)63)54-41(58)33(23-48-43(60)36(47)26(4)5)51-44(61)37(27(6)7)53-40(57)32(22-25(2)3)50-42(34)59/h10-21,25-29,32-34,36-38H,22-24,47H2,1-9H3,(H,48,60)(H,49,55)(H,50,59)(H,51,61)(H,52,56)(H,53,57)(H,54,58)(H,62,63)/b11-10+,13-12+,17-14+,21-20+/t28-,29+,32?,33-,34?,36-,37?,38?/m0/s1. The molecule has 1 heterocycles. The number of carbonyl (C=O) groups excluding carboxylic acids is 8. The van der Waals surface area contributed by atoms with E-state index in [-0.39, 0.29) is 18.3 Å². The van der Waals surface area contributed by atoms with E-state index in [1.54, 1.807) is 59.8 Å². The predicted molar refractivity (Wildman–Crippen MR) is 244 cm³/mol. The van der Waals surface area contributed by atoms with E-state index < -0.39 is 121 Å². The van der Waals surface area contributed by atoms with Crippen LogP contribution in [0.4, 0.5) is 0 Å². The highest BCUT2D eigenvalue weighted by Gasteiger charge is 2.39. The Morgan fingerprint density at radius 3 is 1.94 bits per heavy atom. The van der Waals surface area contributed by atoms with Gasteiger partial charge < -0.3 is 52.8 Å². The van der Waals surface area contributed by atoms with Crippen molar-refractivity contribution in [3.8, 4) is 0 Å². The number of carboxylic acid groups (broad SMARTS) is 1. The van der Waals surface area contributed by atoms with Gasteiger partial charge in [-0.3, -0.25) is 38.4 Å². The van der Waals surface area contributed by atoms with Gasteiger partial charge in [0.2, 0.25) is 41.4 Å². The fraction of sp³-hybridized carbons (Fsp3) is 0.500. The smallest absolute Gasteiger partial charge is 0.329 e. The maximum absolute atomic E-state index is 14.0. The molecule has 1 fully saturated rings. The predicted octanol–water partition coefficient (Wildman–Crippen LogP) is 0.853. The Balaban J connectivity index is 2.52. The summed E-state index contributed by atoms with van der Waals surface area (Å²) < 4.78 is 5.39. The Hall–Kier alpha value is -6.63. The van der Waals surface area contributed by atoms with Crippen molar-refractivity contribution in [1.82, 2.24) is 37.2 Å². The molecule has 0 aromatic heterocycles. The first-order chi connectivity index (χ1) is 30.6. The van der Waals surface area contributed by atoms with Crippen LogP contribution in [0.2, 0.25) is 0 Å². The van der Waals surface area contributed by atoms with Crippen LogP contribution in [0, 0.1) is 23.7 Å². The minimum absolute atomic E-state index is 0.0421. The summed E-state index contributed by atoms with van der Waals surface area (Å²) in [5, 5.41) is 27.3. The molecule has 7 amide bonds. The number of aliphatic carboxylic acids is 1. The van der Waals surface area contributed by atoms with Crippen LogP contribution in [0.1, 0.15) is 79.9 Å². The monoisotopic (exact) mass is 906 g/mol. The number of rotatable bonds is 17. The normalized spacial score (nSPS) is 22.0. The molecule has 19 nitrogen and oxygen atoms in total. The number of nitrogens with one attached hydrogen (secondary N) is 7. The molecule has 0 aliphatic carbocycles. The van der Waals surface area contributed by atoms with Gasteiger partial charge in [-0.1, -0.05) is 102 Å². The lowest BCUT2D eigenvalue weighted by atomic mass is 9.99. The number of amides is 7.